The van der Waals surface area contributed by atoms with E-state index in [1.807, 2.05) is 0 Å². The lowest BCUT2D eigenvalue weighted by molar-refractivity contribution is -0.290. The van der Waals surface area contributed by atoms with Crippen LogP contribution in [0.3, 0.4) is 0 Å². The predicted octanol–water partition coefficient (Wildman–Crippen LogP) is 4.21. The topological polar surface area (TPSA) is 67.9 Å². The molecule has 0 aromatic carbocycles. The number of pyridine rings is 1. The molecule has 27 heavy (non-hydrogen) atoms. The number of nitrogens with zero attached hydrogens (tertiary/aromatic N) is 2. The van der Waals surface area contributed by atoms with Crippen LogP contribution >= 0.6 is 11.3 Å². The minimum absolute atomic E-state index is 0.0544. The number of hydrogen-bond donors (Lipinski definition) is 1. The summed E-state index contributed by atoms with van der Waals surface area (Å²) in [5.74, 6) is -5.20. The van der Waals surface area contributed by atoms with Crippen LogP contribution in [0.5, 0.6) is 5.75 Å². The molecule has 146 valence electrons. The lowest BCUT2D eigenvalue weighted by atomic mass is 10.2. The lowest BCUT2D eigenvalue weighted by Gasteiger charge is -2.20. The van der Waals surface area contributed by atoms with Crippen LogP contribution in [0.25, 0.3) is 11.0 Å². The van der Waals surface area contributed by atoms with E-state index in [0.717, 1.165) is 5.52 Å². The fourth-order valence-corrected chi connectivity index (χ4v) is 4.67. The van der Waals surface area contributed by atoms with Crippen LogP contribution in [0.1, 0.15) is 11.3 Å². The summed E-state index contributed by atoms with van der Waals surface area (Å²) >= 11 is 1.25. The van der Waals surface area contributed by atoms with Crippen molar-refractivity contribution in [1.82, 2.24) is 15.0 Å². The number of imidazole rings is 1. The van der Waals surface area contributed by atoms with E-state index >= 15 is 0 Å². The molecule has 0 radical (unpaired) electrons. The first-order chi connectivity index (χ1) is 12.6. The number of thiophene rings is 1. The van der Waals surface area contributed by atoms with Gasteiger partial charge in [0.25, 0.3) is 0 Å². The standard InChI is InChI=1S/C15H12F5N3O2S2/c1-8-10(5-27(24)13-12-9(4-26-13)22-7-23-12)21-3-2-11(8)25-6-14(16,17)15(18,19)20/h2-4,7H,5-6H2,1H3,(H,22,23). The molecule has 0 bridgehead atoms. The van der Waals surface area contributed by atoms with Crippen LogP contribution in [-0.4, -0.2) is 37.9 Å². The van der Waals surface area contributed by atoms with Gasteiger partial charge in [-0.05, 0) is 13.0 Å². The number of aromatic amines is 1. The van der Waals surface area contributed by atoms with Crippen molar-refractivity contribution in [3.8, 4) is 5.75 Å². The number of rotatable bonds is 6. The summed E-state index contributed by atoms with van der Waals surface area (Å²) in [4.78, 5) is 11.0. The zero-order valence-electron chi connectivity index (χ0n) is 13.6. The first-order valence-corrected chi connectivity index (χ1v) is 9.61. The van der Waals surface area contributed by atoms with Gasteiger partial charge in [0.1, 0.15) is 15.5 Å². The molecule has 3 heterocycles. The van der Waals surface area contributed by atoms with E-state index < -0.39 is 29.5 Å². The Kier molecular flexibility index (Phi) is 5.21. The highest BCUT2D eigenvalue weighted by molar-refractivity contribution is 7.86. The Bertz CT molecular complexity index is 983. The number of ether oxygens (including phenoxy) is 1. The Morgan fingerprint density at radius 2 is 2.00 bits per heavy atom. The molecule has 12 heteroatoms. The average molecular weight is 425 g/mol. The molecule has 1 atom stereocenters. The number of nitrogens with one attached hydrogen (secondary N) is 1. The SMILES string of the molecule is Cc1c(OCC(F)(F)C(F)(F)F)ccnc1CS(=O)c1scc2[nH]cnc12. The Morgan fingerprint density at radius 1 is 1.26 bits per heavy atom. The summed E-state index contributed by atoms with van der Waals surface area (Å²) in [7, 11) is -1.52. The summed E-state index contributed by atoms with van der Waals surface area (Å²) in [6.07, 6.45) is -3.03. The predicted molar refractivity (Wildman–Crippen MR) is 89.6 cm³/mol. The second-order valence-corrected chi connectivity index (χ2v) is 8.08. The molecule has 0 spiro atoms. The van der Waals surface area contributed by atoms with Gasteiger partial charge in [-0.2, -0.15) is 22.0 Å². The minimum atomic E-state index is -5.70. The average Bonchev–Trinajstić information content (AvgIpc) is 3.17. The fourth-order valence-electron chi connectivity index (χ4n) is 2.19. The quantitative estimate of drug-likeness (QED) is 0.601. The van der Waals surface area contributed by atoms with Gasteiger partial charge in [-0.15, -0.1) is 11.3 Å². The number of H-pyrrole nitrogens is 1. The molecule has 3 rings (SSSR count). The monoisotopic (exact) mass is 425 g/mol. The third kappa shape index (κ3) is 3.95. The second-order valence-electron chi connectivity index (χ2n) is 5.55. The molecule has 0 aliphatic carbocycles. The smallest absolute Gasteiger partial charge is 0.456 e. The highest BCUT2D eigenvalue weighted by Crippen LogP contribution is 2.36. The summed E-state index contributed by atoms with van der Waals surface area (Å²) < 4.78 is 80.7. The molecule has 1 unspecified atom stereocenters. The molecule has 1 N–H and O–H groups in total. The maximum absolute atomic E-state index is 13.0. The highest BCUT2D eigenvalue weighted by Gasteiger charge is 2.58. The van der Waals surface area contributed by atoms with E-state index in [9.17, 15) is 26.2 Å². The van der Waals surface area contributed by atoms with Gasteiger partial charge in [0.2, 0.25) is 0 Å². The van der Waals surface area contributed by atoms with Crippen molar-refractivity contribution >= 4 is 33.2 Å². The maximum atomic E-state index is 13.0. The normalized spacial score (nSPS) is 13.9. The van der Waals surface area contributed by atoms with Gasteiger partial charge in [-0.3, -0.25) is 9.19 Å². The van der Waals surface area contributed by atoms with Crippen molar-refractivity contribution < 1.29 is 30.9 Å². The summed E-state index contributed by atoms with van der Waals surface area (Å²) in [5, 5.41) is 1.76. The van der Waals surface area contributed by atoms with Crippen molar-refractivity contribution in [3.63, 3.8) is 0 Å². The van der Waals surface area contributed by atoms with Crippen LogP contribution in [-0.2, 0) is 16.6 Å². The van der Waals surface area contributed by atoms with Crippen LogP contribution in [0, 0.1) is 6.92 Å². The van der Waals surface area contributed by atoms with E-state index in [-0.39, 0.29) is 22.8 Å². The van der Waals surface area contributed by atoms with Gasteiger partial charge >= 0.3 is 12.1 Å². The summed E-state index contributed by atoms with van der Waals surface area (Å²) in [5.41, 5.74) is 1.82. The zero-order valence-corrected chi connectivity index (χ0v) is 15.3. The van der Waals surface area contributed by atoms with Gasteiger partial charge in [0, 0.05) is 17.1 Å². The van der Waals surface area contributed by atoms with Gasteiger partial charge in [-0.25, -0.2) is 4.98 Å². The van der Waals surface area contributed by atoms with Gasteiger partial charge in [0.05, 0.1) is 34.1 Å². The molecule has 0 fully saturated rings. The van der Waals surface area contributed by atoms with Gasteiger partial charge in [-0.1, -0.05) is 0 Å². The van der Waals surface area contributed by atoms with Crippen molar-refractivity contribution in [2.24, 2.45) is 0 Å². The first-order valence-electron chi connectivity index (χ1n) is 7.41. The maximum Gasteiger partial charge on any atom is 0.456 e. The Balaban J connectivity index is 1.77. The Morgan fingerprint density at radius 3 is 2.70 bits per heavy atom. The van der Waals surface area contributed by atoms with Crippen LogP contribution in [0.15, 0.2) is 28.2 Å². The largest absolute Gasteiger partial charge is 0.487 e. The number of hydrogen-bond acceptors (Lipinski definition) is 5. The lowest BCUT2D eigenvalue weighted by Crippen LogP contribution is -2.41. The van der Waals surface area contributed by atoms with Crippen LogP contribution in [0.4, 0.5) is 22.0 Å². The van der Waals surface area contributed by atoms with Gasteiger partial charge < -0.3 is 9.72 Å². The van der Waals surface area contributed by atoms with E-state index in [1.54, 1.807) is 5.38 Å². The third-order valence-corrected chi connectivity index (χ3v) is 6.45. The number of halogens is 5. The zero-order chi connectivity index (χ0) is 19.8. The molecule has 0 aliphatic rings. The van der Waals surface area contributed by atoms with E-state index in [2.05, 4.69) is 19.7 Å². The summed E-state index contributed by atoms with van der Waals surface area (Å²) in [6.45, 7) is -0.387. The molecule has 5 nitrogen and oxygen atoms in total. The Labute approximate surface area is 156 Å². The molecular formula is C15H12F5N3O2S2. The van der Waals surface area contributed by atoms with Crippen molar-refractivity contribution in [2.45, 2.75) is 29.0 Å². The van der Waals surface area contributed by atoms with Crippen molar-refractivity contribution in [1.29, 1.82) is 0 Å². The second kappa shape index (κ2) is 7.15. The molecular weight excluding hydrogens is 413 g/mol. The van der Waals surface area contributed by atoms with E-state index in [1.165, 1.54) is 36.9 Å². The summed E-state index contributed by atoms with van der Waals surface area (Å²) in [6, 6.07) is 1.19. The fraction of sp³-hybridized carbons (Fsp3) is 0.333. The van der Waals surface area contributed by atoms with E-state index in [4.69, 9.17) is 0 Å². The van der Waals surface area contributed by atoms with Crippen molar-refractivity contribution in [2.75, 3.05) is 6.61 Å². The highest BCUT2D eigenvalue weighted by atomic mass is 32.2. The molecule has 0 saturated heterocycles. The molecule has 0 aliphatic heterocycles. The number of aromatic nitrogens is 3. The molecule has 0 saturated carbocycles. The van der Waals surface area contributed by atoms with Crippen LogP contribution in [0.2, 0.25) is 0 Å². The molecule has 3 aromatic heterocycles. The van der Waals surface area contributed by atoms with E-state index in [0.29, 0.717) is 9.73 Å². The van der Waals surface area contributed by atoms with Crippen molar-refractivity contribution in [3.05, 3.63) is 35.2 Å². The van der Waals surface area contributed by atoms with Crippen LogP contribution < -0.4 is 4.74 Å². The third-order valence-electron chi connectivity index (χ3n) is 3.70. The Hall–Kier alpha value is -2.08. The molecule has 0 amide bonds. The first kappa shape index (κ1) is 19.7. The number of fused-ring (bicyclic) bond motifs is 1. The molecule has 3 aromatic rings. The van der Waals surface area contributed by atoms with Gasteiger partial charge in [0.15, 0.2) is 6.61 Å². The minimum Gasteiger partial charge on any atom is -0.487 e. The number of alkyl halides is 5.